The van der Waals surface area contributed by atoms with Gasteiger partial charge >= 0.3 is 5.97 Å². The third kappa shape index (κ3) is 5.50. The summed E-state index contributed by atoms with van der Waals surface area (Å²) in [7, 11) is 0. The molecule has 1 aromatic carbocycles. The molecular weight excluding hydrogens is 288 g/mol. The number of aryl methyl sites for hydroxylation is 1. The minimum absolute atomic E-state index is 0.130. The first-order valence-electron chi connectivity index (χ1n) is 5.52. The molecule has 104 valence electrons. The maximum atomic E-state index is 11.6. The summed E-state index contributed by atoms with van der Waals surface area (Å²) < 4.78 is 0. The van der Waals surface area contributed by atoms with E-state index in [2.05, 4.69) is 5.32 Å². The van der Waals surface area contributed by atoms with E-state index in [1.54, 1.807) is 12.1 Å². The molecule has 19 heavy (non-hydrogen) atoms. The Morgan fingerprint density at radius 2 is 2.21 bits per heavy atom. The van der Waals surface area contributed by atoms with Crippen LogP contribution in [0.2, 0.25) is 5.02 Å². The van der Waals surface area contributed by atoms with E-state index in [4.69, 9.17) is 22.4 Å². The van der Waals surface area contributed by atoms with Crippen LogP contribution in [0, 0.1) is 6.92 Å². The number of hydrogen-bond acceptors (Lipinski definition) is 4. The molecular formula is C12H15ClN2O3S. The van der Waals surface area contributed by atoms with Crippen LogP contribution in [0.25, 0.3) is 0 Å². The van der Waals surface area contributed by atoms with E-state index < -0.39 is 12.0 Å². The lowest BCUT2D eigenvalue weighted by molar-refractivity contribution is -0.137. The number of nitrogens with two attached hydrogens (primary N) is 1. The zero-order valence-electron chi connectivity index (χ0n) is 10.4. The largest absolute Gasteiger partial charge is 0.480 e. The number of halogens is 1. The van der Waals surface area contributed by atoms with Crippen molar-refractivity contribution in [1.29, 1.82) is 0 Å². The highest BCUT2D eigenvalue weighted by Crippen LogP contribution is 2.22. The summed E-state index contributed by atoms with van der Waals surface area (Å²) in [4.78, 5) is 22.1. The first kappa shape index (κ1) is 15.8. The Labute approximate surface area is 120 Å². The fraction of sp³-hybridized carbons (Fsp3) is 0.333. The van der Waals surface area contributed by atoms with Crippen LogP contribution in [0.5, 0.6) is 0 Å². The molecule has 0 radical (unpaired) electrons. The summed E-state index contributed by atoms with van der Waals surface area (Å²) in [5, 5.41) is 11.7. The molecule has 0 bridgehead atoms. The Bertz CT molecular complexity index is 482. The number of carboxylic acids is 1. The first-order chi connectivity index (χ1) is 8.90. The number of carboxylic acid groups (broad SMARTS) is 1. The summed E-state index contributed by atoms with van der Waals surface area (Å²) in [6, 6.07) is 4.36. The summed E-state index contributed by atoms with van der Waals surface area (Å²) in [5.74, 6) is -1.00. The third-order valence-electron chi connectivity index (χ3n) is 2.25. The van der Waals surface area contributed by atoms with Gasteiger partial charge in [-0.1, -0.05) is 17.7 Å². The van der Waals surface area contributed by atoms with E-state index >= 15 is 0 Å². The second-order valence-corrected chi connectivity index (χ2v) is 5.43. The number of benzene rings is 1. The van der Waals surface area contributed by atoms with E-state index in [1.807, 2.05) is 13.0 Å². The maximum absolute atomic E-state index is 11.6. The van der Waals surface area contributed by atoms with Gasteiger partial charge in [0.15, 0.2) is 0 Å². The standard InChI is InChI=1S/C12H15ClN2O3S/c1-7-2-3-10(8(13)4-7)15-11(16)6-19-5-9(14)12(17)18/h2-4,9H,5-6,14H2,1H3,(H,15,16)(H,17,18). The van der Waals surface area contributed by atoms with Gasteiger partial charge in [-0.05, 0) is 24.6 Å². The second kappa shape index (κ2) is 7.37. The monoisotopic (exact) mass is 302 g/mol. The van der Waals surface area contributed by atoms with E-state index in [0.717, 1.165) is 5.56 Å². The average Bonchev–Trinajstić information content (AvgIpc) is 2.32. The molecule has 1 amide bonds. The normalized spacial score (nSPS) is 11.9. The van der Waals surface area contributed by atoms with Crippen molar-refractivity contribution in [2.24, 2.45) is 5.73 Å². The number of thioether (sulfide) groups is 1. The Morgan fingerprint density at radius 3 is 2.79 bits per heavy atom. The molecule has 1 rings (SSSR count). The lowest BCUT2D eigenvalue weighted by Gasteiger charge is -2.09. The molecule has 0 aromatic heterocycles. The lowest BCUT2D eigenvalue weighted by Crippen LogP contribution is -2.33. The van der Waals surface area contributed by atoms with E-state index in [0.29, 0.717) is 10.7 Å². The zero-order chi connectivity index (χ0) is 14.4. The average molecular weight is 303 g/mol. The van der Waals surface area contributed by atoms with Crippen molar-refractivity contribution in [3.63, 3.8) is 0 Å². The van der Waals surface area contributed by atoms with Crippen molar-refractivity contribution in [3.05, 3.63) is 28.8 Å². The third-order valence-corrected chi connectivity index (χ3v) is 3.62. The molecule has 0 aliphatic heterocycles. The molecule has 0 saturated carbocycles. The molecule has 4 N–H and O–H groups in total. The van der Waals surface area contributed by atoms with Gasteiger partial charge in [-0.25, -0.2) is 0 Å². The highest BCUT2D eigenvalue weighted by atomic mass is 35.5. The van der Waals surface area contributed by atoms with Crippen LogP contribution in [0.3, 0.4) is 0 Å². The summed E-state index contributed by atoms with van der Waals surface area (Å²) in [6.07, 6.45) is 0. The summed E-state index contributed by atoms with van der Waals surface area (Å²) >= 11 is 7.15. The Balaban J connectivity index is 2.41. The highest BCUT2D eigenvalue weighted by molar-refractivity contribution is 8.00. The smallest absolute Gasteiger partial charge is 0.321 e. The predicted molar refractivity (Wildman–Crippen MR) is 77.8 cm³/mol. The number of amides is 1. The van der Waals surface area contributed by atoms with Crippen LogP contribution in [0.4, 0.5) is 5.69 Å². The zero-order valence-corrected chi connectivity index (χ0v) is 11.9. The Hall–Kier alpha value is -1.24. The van der Waals surface area contributed by atoms with Crippen molar-refractivity contribution in [1.82, 2.24) is 0 Å². The van der Waals surface area contributed by atoms with Gasteiger partial charge in [-0.2, -0.15) is 0 Å². The maximum Gasteiger partial charge on any atom is 0.321 e. The number of rotatable bonds is 6. The number of anilines is 1. The minimum atomic E-state index is -1.07. The lowest BCUT2D eigenvalue weighted by atomic mass is 10.2. The molecule has 0 aliphatic carbocycles. The minimum Gasteiger partial charge on any atom is -0.480 e. The van der Waals surface area contributed by atoms with E-state index in [-0.39, 0.29) is 17.4 Å². The molecule has 0 heterocycles. The van der Waals surface area contributed by atoms with Gasteiger partial charge in [0.25, 0.3) is 0 Å². The Morgan fingerprint density at radius 1 is 1.53 bits per heavy atom. The van der Waals surface area contributed by atoms with E-state index in [9.17, 15) is 9.59 Å². The van der Waals surface area contributed by atoms with Crippen molar-refractivity contribution in [2.45, 2.75) is 13.0 Å². The fourth-order valence-corrected chi connectivity index (χ4v) is 2.31. The molecule has 1 unspecified atom stereocenters. The van der Waals surface area contributed by atoms with Gasteiger partial charge in [0.05, 0.1) is 16.5 Å². The molecule has 7 heteroatoms. The van der Waals surface area contributed by atoms with E-state index in [1.165, 1.54) is 11.8 Å². The summed E-state index contributed by atoms with van der Waals surface area (Å²) in [6.45, 7) is 1.90. The quantitative estimate of drug-likeness (QED) is 0.744. The second-order valence-electron chi connectivity index (χ2n) is 3.99. The van der Waals surface area contributed by atoms with Crippen LogP contribution in [0.15, 0.2) is 18.2 Å². The number of hydrogen-bond donors (Lipinski definition) is 3. The van der Waals surface area contributed by atoms with Gasteiger partial charge in [-0.15, -0.1) is 11.8 Å². The van der Waals surface area contributed by atoms with Gasteiger partial charge in [0.2, 0.25) is 5.91 Å². The van der Waals surface area contributed by atoms with Gasteiger partial charge < -0.3 is 16.2 Å². The number of nitrogens with one attached hydrogen (secondary N) is 1. The van der Waals surface area contributed by atoms with Gasteiger partial charge in [0.1, 0.15) is 6.04 Å². The Kier molecular flexibility index (Phi) is 6.14. The molecule has 0 spiro atoms. The van der Waals surface area contributed by atoms with Crippen LogP contribution in [-0.2, 0) is 9.59 Å². The molecule has 0 aliphatic rings. The van der Waals surface area contributed by atoms with Crippen molar-refractivity contribution in [3.8, 4) is 0 Å². The summed E-state index contributed by atoms with van der Waals surface area (Å²) in [5.41, 5.74) is 6.87. The molecule has 0 saturated heterocycles. The van der Waals surface area contributed by atoms with Crippen LogP contribution >= 0.6 is 23.4 Å². The first-order valence-corrected chi connectivity index (χ1v) is 7.05. The topological polar surface area (TPSA) is 92.4 Å². The van der Waals surface area contributed by atoms with Crippen LogP contribution in [-0.4, -0.2) is 34.5 Å². The van der Waals surface area contributed by atoms with Crippen molar-refractivity contribution < 1.29 is 14.7 Å². The molecule has 1 aromatic rings. The molecule has 1 atom stereocenters. The molecule has 5 nitrogen and oxygen atoms in total. The van der Waals surface area contributed by atoms with Crippen molar-refractivity contribution >= 4 is 40.9 Å². The number of aliphatic carboxylic acids is 1. The van der Waals surface area contributed by atoms with Crippen LogP contribution < -0.4 is 11.1 Å². The van der Waals surface area contributed by atoms with Crippen molar-refractivity contribution in [2.75, 3.05) is 16.8 Å². The predicted octanol–water partition coefficient (Wildman–Crippen LogP) is 1.73. The fourth-order valence-electron chi connectivity index (χ4n) is 1.26. The number of carbonyl (C=O) groups is 2. The SMILES string of the molecule is Cc1ccc(NC(=O)CSCC(N)C(=O)O)c(Cl)c1. The number of carbonyl (C=O) groups excluding carboxylic acids is 1. The highest BCUT2D eigenvalue weighted by Gasteiger charge is 2.12. The van der Waals surface area contributed by atoms with Gasteiger partial charge in [0, 0.05) is 5.75 Å². The van der Waals surface area contributed by atoms with Gasteiger partial charge in [-0.3, -0.25) is 9.59 Å². The van der Waals surface area contributed by atoms with Crippen LogP contribution in [0.1, 0.15) is 5.56 Å². The molecule has 0 fully saturated rings.